The molecule has 1 heterocycles. The molecule has 4 nitrogen and oxygen atoms in total. The minimum atomic E-state index is -0.372. The number of hydrogen-bond acceptors (Lipinski definition) is 4. The molecular formula is C20H33NO3. The van der Waals surface area contributed by atoms with E-state index >= 15 is 0 Å². The molecule has 1 aromatic carbocycles. The lowest BCUT2D eigenvalue weighted by Gasteiger charge is -2.33. The van der Waals surface area contributed by atoms with Crippen molar-refractivity contribution in [2.75, 3.05) is 33.4 Å². The Morgan fingerprint density at radius 3 is 2.42 bits per heavy atom. The fourth-order valence-electron chi connectivity index (χ4n) is 3.27. The van der Waals surface area contributed by atoms with Crippen molar-refractivity contribution in [3.63, 3.8) is 0 Å². The van der Waals surface area contributed by atoms with Gasteiger partial charge in [0.2, 0.25) is 0 Å². The molecule has 2 rings (SSSR count). The molecule has 0 saturated carbocycles. The number of ether oxygens (including phenoxy) is 2. The third-order valence-electron chi connectivity index (χ3n) is 4.80. The van der Waals surface area contributed by atoms with Crippen LogP contribution in [0.15, 0.2) is 24.3 Å². The minimum Gasteiger partial charge on any atom is -0.497 e. The average molecular weight is 335 g/mol. The Morgan fingerprint density at radius 1 is 1.17 bits per heavy atom. The first-order valence-corrected chi connectivity index (χ1v) is 9.21. The number of piperidine rings is 1. The smallest absolute Gasteiger partial charge is 0.118 e. The maximum atomic E-state index is 10.0. The summed E-state index contributed by atoms with van der Waals surface area (Å²) in [6, 6.07) is 8.41. The number of aliphatic hydroxyl groups excluding tert-OH is 1. The van der Waals surface area contributed by atoms with E-state index in [9.17, 15) is 5.11 Å². The Hall–Kier alpha value is -1.10. The Kier molecular flexibility index (Phi) is 8.03. The molecule has 136 valence electrons. The summed E-state index contributed by atoms with van der Waals surface area (Å²) in [5, 5.41) is 10.0. The first-order valence-electron chi connectivity index (χ1n) is 9.21. The van der Waals surface area contributed by atoms with Gasteiger partial charge in [0.05, 0.1) is 25.9 Å². The molecule has 1 N–H and O–H groups in total. The van der Waals surface area contributed by atoms with Crippen LogP contribution in [0.2, 0.25) is 0 Å². The van der Waals surface area contributed by atoms with Gasteiger partial charge in [-0.2, -0.15) is 0 Å². The molecule has 0 spiro atoms. The van der Waals surface area contributed by atoms with Gasteiger partial charge >= 0.3 is 0 Å². The number of likely N-dealkylation sites (tertiary alicyclic amines) is 1. The van der Waals surface area contributed by atoms with E-state index in [1.165, 1.54) is 24.8 Å². The summed E-state index contributed by atoms with van der Waals surface area (Å²) in [4.78, 5) is 2.37. The Morgan fingerprint density at radius 2 is 1.83 bits per heavy atom. The van der Waals surface area contributed by atoms with Crippen LogP contribution in [0.1, 0.15) is 38.7 Å². The highest BCUT2D eigenvalue weighted by molar-refractivity contribution is 5.27. The summed E-state index contributed by atoms with van der Waals surface area (Å²) >= 11 is 0. The van der Waals surface area contributed by atoms with Crippen molar-refractivity contribution in [1.29, 1.82) is 0 Å². The number of benzene rings is 1. The molecule has 1 atom stereocenters. The van der Waals surface area contributed by atoms with Crippen LogP contribution < -0.4 is 4.74 Å². The van der Waals surface area contributed by atoms with E-state index in [1.54, 1.807) is 7.11 Å². The van der Waals surface area contributed by atoms with E-state index in [2.05, 4.69) is 17.0 Å². The van der Waals surface area contributed by atoms with Gasteiger partial charge in [0.1, 0.15) is 5.75 Å². The lowest BCUT2D eigenvalue weighted by Crippen LogP contribution is -2.40. The molecule has 0 bridgehead atoms. The molecule has 0 radical (unpaired) electrons. The molecule has 1 unspecified atom stereocenters. The van der Waals surface area contributed by atoms with Crippen molar-refractivity contribution in [2.45, 2.75) is 51.7 Å². The molecule has 1 aliphatic heterocycles. The zero-order chi connectivity index (χ0) is 17.4. The van der Waals surface area contributed by atoms with Crippen molar-refractivity contribution in [2.24, 2.45) is 5.92 Å². The molecular weight excluding hydrogens is 302 g/mol. The highest BCUT2D eigenvalue weighted by atomic mass is 16.5. The van der Waals surface area contributed by atoms with Gasteiger partial charge in [0.15, 0.2) is 0 Å². The highest BCUT2D eigenvalue weighted by Gasteiger charge is 2.21. The van der Waals surface area contributed by atoms with Crippen molar-refractivity contribution in [1.82, 2.24) is 4.90 Å². The summed E-state index contributed by atoms with van der Waals surface area (Å²) in [7, 11) is 1.70. The van der Waals surface area contributed by atoms with Gasteiger partial charge < -0.3 is 19.5 Å². The lowest BCUT2D eigenvalue weighted by molar-refractivity contribution is -0.0125. The topological polar surface area (TPSA) is 41.9 Å². The SMILES string of the molecule is COc1ccc(CCC2CCN(CC(O)COC(C)C)CC2)cc1. The Labute approximate surface area is 146 Å². The standard InChI is InChI=1S/C20H33NO3/c1-16(2)24-15-19(22)14-21-12-10-18(11-13-21)5-4-17-6-8-20(23-3)9-7-17/h6-9,16,18-19,22H,4-5,10-15H2,1-3H3. The van der Waals surface area contributed by atoms with E-state index in [4.69, 9.17) is 9.47 Å². The van der Waals surface area contributed by atoms with Gasteiger partial charge in [-0.1, -0.05) is 12.1 Å². The van der Waals surface area contributed by atoms with Gasteiger partial charge in [-0.05, 0) is 76.2 Å². The van der Waals surface area contributed by atoms with E-state index < -0.39 is 0 Å². The number of methoxy groups -OCH3 is 1. The molecule has 1 fully saturated rings. The van der Waals surface area contributed by atoms with Crippen LogP contribution in [-0.2, 0) is 11.2 Å². The Bertz CT molecular complexity index is 452. The van der Waals surface area contributed by atoms with Crippen LogP contribution in [0.3, 0.4) is 0 Å². The third kappa shape index (κ3) is 6.80. The summed E-state index contributed by atoms with van der Waals surface area (Å²) in [6.45, 7) is 7.35. The highest BCUT2D eigenvalue weighted by Crippen LogP contribution is 2.23. The van der Waals surface area contributed by atoms with Crippen LogP contribution in [0, 0.1) is 5.92 Å². The predicted molar refractivity (Wildman–Crippen MR) is 97.6 cm³/mol. The molecule has 0 aromatic heterocycles. The van der Waals surface area contributed by atoms with E-state index in [-0.39, 0.29) is 12.2 Å². The molecule has 0 amide bonds. The largest absolute Gasteiger partial charge is 0.497 e. The maximum Gasteiger partial charge on any atom is 0.118 e. The van der Waals surface area contributed by atoms with Crippen molar-refractivity contribution >= 4 is 0 Å². The fourth-order valence-corrected chi connectivity index (χ4v) is 3.27. The summed E-state index contributed by atoms with van der Waals surface area (Å²) in [5.74, 6) is 1.72. The number of hydrogen-bond donors (Lipinski definition) is 1. The van der Waals surface area contributed by atoms with Crippen molar-refractivity contribution in [3.8, 4) is 5.75 Å². The fraction of sp³-hybridized carbons (Fsp3) is 0.700. The molecule has 1 aromatic rings. The van der Waals surface area contributed by atoms with Crippen LogP contribution in [-0.4, -0.2) is 55.6 Å². The minimum absolute atomic E-state index is 0.184. The van der Waals surface area contributed by atoms with Gasteiger partial charge in [-0.25, -0.2) is 0 Å². The van der Waals surface area contributed by atoms with Gasteiger partial charge in [-0.15, -0.1) is 0 Å². The molecule has 24 heavy (non-hydrogen) atoms. The monoisotopic (exact) mass is 335 g/mol. The predicted octanol–water partition coefficient (Wildman–Crippen LogP) is 3.13. The summed E-state index contributed by atoms with van der Waals surface area (Å²) in [6.07, 6.45) is 4.66. The zero-order valence-corrected chi connectivity index (χ0v) is 15.4. The quantitative estimate of drug-likeness (QED) is 0.753. The van der Waals surface area contributed by atoms with E-state index in [1.807, 2.05) is 26.0 Å². The second-order valence-electron chi connectivity index (χ2n) is 7.17. The van der Waals surface area contributed by atoms with Gasteiger partial charge in [0, 0.05) is 6.54 Å². The number of aliphatic hydroxyl groups is 1. The second-order valence-corrected chi connectivity index (χ2v) is 7.17. The zero-order valence-electron chi connectivity index (χ0n) is 15.4. The van der Waals surface area contributed by atoms with Crippen molar-refractivity contribution in [3.05, 3.63) is 29.8 Å². The Balaban J connectivity index is 1.63. The number of aryl methyl sites for hydroxylation is 1. The first kappa shape index (κ1) is 19.2. The molecule has 1 aliphatic rings. The molecule has 0 aliphatic carbocycles. The first-order chi connectivity index (χ1) is 11.6. The molecule has 4 heteroatoms. The number of β-amino-alcohol motifs (C(OH)–C–C–N with tert-alkyl or cyclic N) is 1. The number of nitrogens with zero attached hydrogens (tertiary/aromatic N) is 1. The van der Waals surface area contributed by atoms with Gasteiger partial charge in [0.25, 0.3) is 0 Å². The summed E-state index contributed by atoms with van der Waals surface area (Å²) < 4.78 is 10.7. The average Bonchev–Trinajstić information content (AvgIpc) is 2.60. The van der Waals surface area contributed by atoms with Crippen LogP contribution in [0.5, 0.6) is 5.75 Å². The van der Waals surface area contributed by atoms with Crippen LogP contribution in [0.25, 0.3) is 0 Å². The van der Waals surface area contributed by atoms with E-state index in [0.29, 0.717) is 6.61 Å². The third-order valence-corrected chi connectivity index (χ3v) is 4.80. The van der Waals surface area contributed by atoms with Crippen molar-refractivity contribution < 1.29 is 14.6 Å². The maximum absolute atomic E-state index is 10.0. The molecule has 1 saturated heterocycles. The normalized spacial score (nSPS) is 18.0. The lowest BCUT2D eigenvalue weighted by atomic mass is 9.90. The second kappa shape index (κ2) is 10.0. The van der Waals surface area contributed by atoms with Crippen LogP contribution in [0.4, 0.5) is 0 Å². The van der Waals surface area contributed by atoms with Crippen LogP contribution >= 0.6 is 0 Å². The number of rotatable bonds is 9. The van der Waals surface area contributed by atoms with Gasteiger partial charge in [-0.3, -0.25) is 0 Å². The summed E-state index contributed by atoms with van der Waals surface area (Å²) in [5.41, 5.74) is 1.39. The van der Waals surface area contributed by atoms with E-state index in [0.717, 1.165) is 37.7 Å².